The Labute approximate surface area is 79.8 Å². The summed E-state index contributed by atoms with van der Waals surface area (Å²) in [5, 5.41) is 4.00. The van der Waals surface area contributed by atoms with Crippen LogP contribution in [0.1, 0.15) is 24.5 Å². The molecule has 2 heterocycles. The highest BCUT2D eigenvalue weighted by Crippen LogP contribution is 2.10. The van der Waals surface area contributed by atoms with Crippen LogP contribution in [-0.4, -0.2) is 19.6 Å². The summed E-state index contributed by atoms with van der Waals surface area (Å²) < 4.78 is 1.48. The van der Waals surface area contributed by atoms with Gasteiger partial charge in [0.15, 0.2) is 5.52 Å². The molecular weight excluding hydrogens is 182 g/mol. The zero-order chi connectivity index (χ0) is 10.3. The fourth-order valence-electron chi connectivity index (χ4n) is 1.43. The molecule has 1 atom stereocenters. The van der Waals surface area contributed by atoms with Crippen molar-refractivity contribution in [1.82, 2.24) is 19.6 Å². The molecule has 0 bridgehead atoms. The molecular formula is C8H11N5O. The highest BCUT2D eigenvalue weighted by Gasteiger charge is 2.14. The molecule has 6 nitrogen and oxygen atoms in total. The van der Waals surface area contributed by atoms with Crippen LogP contribution in [0.2, 0.25) is 0 Å². The maximum atomic E-state index is 11.4. The summed E-state index contributed by atoms with van der Waals surface area (Å²) in [7, 11) is 0. The molecule has 0 unspecified atom stereocenters. The van der Waals surface area contributed by atoms with Crippen LogP contribution in [0, 0.1) is 6.92 Å². The molecule has 6 heteroatoms. The minimum atomic E-state index is -0.245. The van der Waals surface area contributed by atoms with E-state index in [0.717, 1.165) is 0 Å². The average Bonchev–Trinajstić information content (AvgIpc) is 2.45. The monoisotopic (exact) mass is 193 g/mol. The minimum absolute atomic E-state index is 0.197. The number of fused-ring (bicyclic) bond motifs is 1. The van der Waals surface area contributed by atoms with Crippen LogP contribution in [0.3, 0.4) is 0 Å². The molecule has 0 radical (unpaired) electrons. The van der Waals surface area contributed by atoms with Crippen molar-refractivity contribution in [3.05, 3.63) is 28.2 Å². The highest BCUT2D eigenvalue weighted by atomic mass is 16.1. The smallest absolute Gasteiger partial charge is 0.277 e. The summed E-state index contributed by atoms with van der Waals surface area (Å²) in [6.45, 7) is 3.56. The van der Waals surface area contributed by atoms with Crippen LogP contribution in [0.5, 0.6) is 0 Å². The van der Waals surface area contributed by atoms with Crippen molar-refractivity contribution in [2.24, 2.45) is 5.73 Å². The van der Waals surface area contributed by atoms with Gasteiger partial charge in [0.1, 0.15) is 12.2 Å². The lowest BCUT2D eigenvalue weighted by Crippen LogP contribution is -2.15. The lowest BCUT2D eigenvalue weighted by Gasteiger charge is -2.01. The van der Waals surface area contributed by atoms with Gasteiger partial charge in [-0.2, -0.15) is 5.10 Å². The number of imidazole rings is 1. The molecule has 2 aromatic rings. The first-order valence-electron chi connectivity index (χ1n) is 4.29. The number of H-pyrrole nitrogens is 1. The lowest BCUT2D eigenvalue weighted by molar-refractivity contribution is 0.693. The molecule has 14 heavy (non-hydrogen) atoms. The van der Waals surface area contributed by atoms with Crippen LogP contribution in [0.25, 0.3) is 5.52 Å². The van der Waals surface area contributed by atoms with E-state index in [1.165, 1.54) is 10.8 Å². The van der Waals surface area contributed by atoms with Gasteiger partial charge in [-0.1, -0.05) is 0 Å². The van der Waals surface area contributed by atoms with Crippen LogP contribution < -0.4 is 11.3 Å². The van der Waals surface area contributed by atoms with Gasteiger partial charge in [0.05, 0.1) is 11.7 Å². The number of aromatic amines is 1. The van der Waals surface area contributed by atoms with E-state index >= 15 is 0 Å². The summed E-state index contributed by atoms with van der Waals surface area (Å²) in [5.74, 6) is 0.601. The molecule has 0 aliphatic carbocycles. The first-order valence-corrected chi connectivity index (χ1v) is 4.29. The second-order valence-electron chi connectivity index (χ2n) is 3.22. The molecule has 0 saturated carbocycles. The molecule has 0 aliphatic rings. The van der Waals surface area contributed by atoms with E-state index in [9.17, 15) is 4.79 Å². The Hall–Kier alpha value is -1.69. The van der Waals surface area contributed by atoms with Crippen LogP contribution >= 0.6 is 0 Å². The van der Waals surface area contributed by atoms with Gasteiger partial charge in [-0.3, -0.25) is 4.79 Å². The van der Waals surface area contributed by atoms with Gasteiger partial charge in [0.2, 0.25) is 0 Å². The molecule has 0 fully saturated rings. The standard InChI is InChI=1S/C8H11N5O/c1-4(9)7-12-5(2)6-8(14)10-3-11-13(6)7/h3-4H,9H2,1-2H3,(H,10,11,14)/t4-/m1/s1. The predicted molar refractivity (Wildman–Crippen MR) is 50.9 cm³/mol. The molecule has 0 amide bonds. The SMILES string of the molecule is Cc1nc([C@@H](C)N)n2nc[nH]c(=O)c12. The minimum Gasteiger partial charge on any atom is -0.322 e. The number of nitrogens with zero attached hydrogens (tertiary/aromatic N) is 3. The van der Waals surface area contributed by atoms with Gasteiger partial charge < -0.3 is 10.7 Å². The molecule has 74 valence electrons. The topological polar surface area (TPSA) is 89.1 Å². The number of nitrogens with two attached hydrogens (primary N) is 1. The normalized spacial score (nSPS) is 13.4. The Morgan fingerprint density at radius 2 is 2.36 bits per heavy atom. The van der Waals surface area contributed by atoms with Crippen molar-refractivity contribution < 1.29 is 0 Å². The number of nitrogens with one attached hydrogen (secondary N) is 1. The summed E-state index contributed by atoms with van der Waals surface area (Å²) in [6.07, 6.45) is 1.34. The largest absolute Gasteiger partial charge is 0.322 e. The van der Waals surface area contributed by atoms with Gasteiger partial charge in [0, 0.05) is 0 Å². The molecule has 3 N–H and O–H groups in total. The molecule has 2 aromatic heterocycles. The van der Waals surface area contributed by atoms with Crippen LogP contribution in [0.15, 0.2) is 11.1 Å². The fourth-order valence-corrected chi connectivity index (χ4v) is 1.43. The van der Waals surface area contributed by atoms with Crippen molar-refractivity contribution in [2.45, 2.75) is 19.9 Å². The zero-order valence-corrected chi connectivity index (χ0v) is 7.98. The quantitative estimate of drug-likeness (QED) is 0.653. The van der Waals surface area contributed by atoms with E-state index in [2.05, 4.69) is 15.1 Å². The molecule has 2 rings (SSSR count). The van der Waals surface area contributed by atoms with Crippen molar-refractivity contribution in [1.29, 1.82) is 0 Å². The number of rotatable bonds is 1. The van der Waals surface area contributed by atoms with Crippen molar-refractivity contribution >= 4 is 5.52 Å². The van der Waals surface area contributed by atoms with Gasteiger partial charge in [-0.25, -0.2) is 9.50 Å². The van der Waals surface area contributed by atoms with Crippen LogP contribution in [0.4, 0.5) is 0 Å². The number of aryl methyl sites for hydroxylation is 1. The Kier molecular flexibility index (Phi) is 1.85. The van der Waals surface area contributed by atoms with Gasteiger partial charge in [0.25, 0.3) is 5.56 Å². The zero-order valence-electron chi connectivity index (χ0n) is 7.98. The molecule has 0 spiro atoms. The maximum absolute atomic E-state index is 11.4. The molecule has 0 aliphatic heterocycles. The summed E-state index contributed by atoms with van der Waals surface area (Å²) >= 11 is 0. The number of hydrogen-bond acceptors (Lipinski definition) is 4. The Morgan fingerprint density at radius 1 is 1.64 bits per heavy atom. The predicted octanol–water partition coefficient (Wildman–Crippen LogP) is -0.254. The first-order chi connectivity index (χ1) is 6.61. The van der Waals surface area contributed by atoms with Crippen molar-refractivity contribution in [3.63, 3.8) is 0 Å². The van der Waals surface area contributed by atoms with Crippen LogP contribution in [-0.2, 0) is 0 Å². The van der Waals surface area contributed by atoms with Gasteiger partial charge >= 0.3 is 0 Å². The third-order valence-corrected chi connectivity index (χ3v) is 2.04. The van der Waals surface area contributed by atoms with E-state index in [1.54, 1.807) is 13.8 Å². The number of hydrogen-bond donors (Lipinski definition) is 2. The van der Waals surface area contributed by atoms with E-state index in [1.807, 2.05) is 0 Å². The van der Waals surface area contributed by atoms with Crippen molar-refractivity contribution in [3.8, 4) is 0 Å². The Bertz CT molecular complexity index is 524. The second kappa shape index (κ2) is 2.91. The summed E-state index contributed by atoms with van der Waals surface area (Å²) in [6, 6.07) is -0.245. The molecule has 0 saturated heterocycles. The average molecular weight is 193 g/mol. The van der Waals surface area contributed by atoms with Gasteiger partial charge in [-0.05, 0) is 13.8 Å². The second-order valence-corrected chi connectivity index (χ2v) is 3.22. The van der Waals surface area contributed by atoms with E-state index < -0.39 is 0 Å². The van der Waals surface area contributed by atoms with Gasteiger partial charge in [-0.15, -0.1) is 0 Å². The number of aromatic nitrogens is 4. The summed E-state index contributed by atoms with van der Waals surface area (Å²) in [5.41, 5.74) is 6.61. The van der Waals surface area contributed by atoms with E-state index in [4.69, 9.17) is 5.73 Å². The van der Waals surface area contributed by atoms with E-state index in [-0.39, 0.29) is 11.6 Å². The summed E-state index contributed by atoms with van der Waals surface area (Å²) in [4.78, 5) is 18.1. The van der Waals surface area contributed by atoms with Crippen molar-refractivity contribution in [2.75, 3.05) is 0 Å². The first kappa shape index (κ1) is 8.89. The Morgan fingerprint density at radius 3 is 3.00 bits per heavy atom. The maximum Gasteiger partial charge on any atom is 0.277 e. The lowest BCUT2D eigenvalue weighted by atomic mass is 10.3. The fraction of sp³-hybridized carbons (Fsp3) is 0.375. The molecule has 0 aromatic carbocycles. The highest BCUT2D eigenvalue weighted by molar-refractivity contribution is 5.49. The van der Waals surface area contributed by atoms with E-state index in [0.29, 0.717) is 17.0 Å². The third-order valence-electron chi connectivity index (χ3n) is 2.04. The Balaban J connectivity index is 2.91. The third kappa shape index (κ3) is 1.12.